The van der Waals surface area contributed by atoms with Gasteiger partial charge in [0.05, 0.1) is 12.5 Å². The highest BCUT2D eigenvalue weighted by Gasteiger charge is 2.63. The first-order valence-corrected chi connectivity index (χ1v) is 6.37. The van der Waals surface area contributed by atoms with Crippen LogP contribution < -0.4 is 0 Å². The molecule has 0 aromatic carbocycles. The van der Waals surface area contributed by atoms with Crippen molar-refractivity contribution in [1.29, 1.82) is 0 Å². The maximum absolute atomic E-state index is 11.1. The fourth-order valence-corrected chi connectivity index (χ4v) is 2.56. The summed E-state index contributed by atoms with van der Waals surface area (Å²) in [5.41, 5.74) is -1.01. The molecule has 1 saturated carbocycles. The Bertz CT molecular complexity index is 359. The van der Waals surface area contributed by atoms with Crippen LogP contribution in [-0.2, 0) is 14.5 Å². The van der Waals surface area contributed by atoms with Crippen LogP contribution in [0.4, 0.5) is 0 Å². The molecule has 2 rings (SSSR count). The fraction of sp³-hybridized carbons (Fsp3) is 0.923. The molecule has 0 radical (unpaired) electrons. The summed E-state index contributed by atoms with van der Waals surface area (Å²) in [5, 5.41) is 10.6. The highest BCUT2D eigenvalue weighted by molar-refractivity contribution is 5.75. The van der Waals surface area contributed by atoms with Gasteiger partial charge in [0.1, 0.15) is 11.2 Å². The summed E-state index contributed by atoms with van der Waals surface area (Å²) in [6.07, 6.45) is 0. The summed E-state index contributed by atoms with van der Waals surface area (Å²) >= 11 is 0. The lowest BCUT2D eigenvalue weighted by atomic mass is 9.90. The van der Waals surface area contributed by atoms with E-state index >= 15 is 0 Å². The van der Waals surface area contributed by atoms with Crippen molar-refractivity contribution in [1.82, 2.24) is 5.23 Å². The van der Waals surface area contributed by atoms with Crippen molar-refractivity contribution in [3.05, 3.63) is 0 Å². The third-order valence-electron chi connectivity index (χ3n) is 4.77. The Balaban J connectivity index is 2.00. The number of carbonyl (C=O) groups is 1. The van der Waals surface area contributed by atoms with Crippen LogP contribution in [0.25, 0.3) is 0 Å². The van der Waals surface area contributed by atoms with E-state index in [0.717, 1.165) is 0 Å². The number of nitrogens with zero attached hydrogens (tertiary/aromatic N) is 1. The van der Waals surface area contributed by atoms with Gasteiger partial charge in [0.25, 0.3) is 0 Å². The zero-order valence-electron chi connectivity index (χ0n) is 12.0. The molecule has 18 heavy (non-hydrogen) atoms. The van der Waals surface area contributed by atoms with Gasteiger partial charge in [-0.3, -0.25) is 14.5 Å². The van der Waals surface area contributed by atoms with Gasteiger partial charge in [-0.1, -0.05) is 19.1 Å². The first-order valence-electron chi connectivity index (χ1n) is 6.37. The second-order valence-corrected chi connectivity index (χ2v) is 6.96. The van der Waals surface area contributed by atoms with Crippen LogP contribution in [0.5, 0.6) is 0 Å². The van der Waals surface area contributed by atoms with Gasteiger partial charge < -0.3 is 5.11 Å². The number of rotatable bonds is 3. The lowest BCUT2D eigenvalue weighted by Crippen LogP contribution is -2.41. The first-order chi connectivity index (χ1) is 7.99. The number of hydrogen-bond donors (Lipinski definition) is 1. The van der Waals surface area contributed by atoms with E-state index in [1.54, 1.807) is 0 Å². The van der Waals surface area contributed by atoms with E-state index in [9.17, 15) is 4.79 Å². The molecule has 2 unspecified atom stereocenters. The molecule has 2 fully saturated rings. The molecular formula is C13H23NO4. The zero-order valence-corrected chi connectivity index (χ0v) is 12.0. The third-order valence-corrected chi connectivity index (χ3v) is 4.77. The molecule has 5 nitrogen and oxygen atoms in total. The summed E-state index contributed by atoms with van der Waals surface area (Å²) in [6.45, 7) is 12.3. The maximum Gasteiger partial charge on any atom is 0.307 e. The molecule has 1 aliphatic carbocycles. The van der Waals surface area contributed by atoms with Crippen molar-refractivity contribution >= 4 is 5.97 Å². The maximum atomic E-state index is 11.1. The van der Waals surface area contributed by atoms with E-state index < -0.39 is 17.2 Å². The smallest absolute Gasteiger partial charge is 0.307 e. The zero-order chi connectivity index (χ0) is 13.9. The number of hydroxylamine groups is 2. The fourth-order valence-electron chi connectivity index (χ4n) is 2.56. The van der Waals surface area contributed by atoms with Crippen molar-refractivity contribution in [2.45, 2.75) is 52.7 Å². The van der Waals surface area contributed by atoms with Crippen molar-refractivity contribution < 1.29 is 19.6 Å². The molecule has 0 aromatic rings. The van der Waals surface area contributed by atoms with Crippen LogP contribution >= 0.6 is 0 Å². The highest BCUT2D eigenvalue weighted by atomic mass is 17.0. The van der Waals surface area contributed by atoms with Crippen molar-refractivity contribution in [3.8, 4) is 0 Å². The minimum Gasteiger partial charge on any atom is -0.481 e. The topological polar surface area (TPSA) is 59.0 Å². The Morgan fingerprint density at radius 2 is 1.56 bits per heavy atom. The van der Waals surface area contributed by atoms with Crippen LogP contribution in [0.2, 0.25) is 0 Å². The van der Waals surface area contributed by atoms with Gasteiger partial charge in [-0.05, 0) is 39.0 Å². The number of carboxylic acid groups (broad SMARTS) is 1. The first kappa shape index (κ1) is 13.8. The molecule has 2 aliphatic rings. The largest absolute Gasteiger partial charge is 0.481 e. The van der Waals surface area contributed by atoms with Crippen molar-refractivity contribution in [2.75, 3.05) is 6.54 Å². The molecule has 5 heteroatoms. The Kier molecular flexibility index (Phi) is 2.82. The van der Waals surface area contributed by atoms with Gasteiger partial charge in [-0.15, -0.1) is 0 Å². The van der Waals surface area contributed by atoms with E-state index in [1.165, 1.54) is 5.23 Å². The summed E-state index contributed by atoms with van der Waals surface area (Å²) in [6, 6.07) is 0. The van der Waals surface area contributed by atoms with Gasteiger partial charge in [0.15, 0.2) is 0 Å². The quantitative estimate of drug-likeness (QED) is 0.838. The minimum absolute atomic E-state index is 0.0692. The molecule has 1 aliphatic heterocycles. The average molecular weight is 257 g/mol. The monoisotopic (exact) mass is 257 g/mol. The van der Waals surface area contributed by atoms with E-state index in [2.05, 4.69) is 0 Å². The number of hydrogen-bond acceptors (Lipinski definition) is 4. The van der Waals surface area contributed by atoms with Crippen molar-refractivity contribution in [2.24, 2.45) is 17.3 Å². The molecule has 1 heterocycles. The summed E-state index contributed by atoms with van der Waals surface area (Å²) in [5.74, 6) is -0.973. The highest BCUT2D eigenvalue weighted by Crippen LogP contribution is 2.59. The molecule has 2 atom stereocenters. The standard InChI is InChI=1S/C13H23NO4/c1-11(2)8(9(11)10(15)16)7-14-17-12(3,4)13(5,6)18-14/h8-9H,7H2,1-6H3,(H,15,16). The number of carboxylic acids is 1. The lowest BCUT2D eigenvalue weighted by molar-refractivity contribution is -0.330. The Morgan fingerprint density at radius 1 is 1.11 bits per heavy atom. The van der Waals surface area contributed by atoms with Crippen LogP contribution in [0.15, 0.2) is 0 Å². The van der Waals surface area contributed by atoms with Gasteiger partial charge in [0.2, 0.25) is 0 Å². The summed E-state index contributed by atoms with van der Waals surface area (Å²) < 4.78 is 0. The van der Waals surface area contributed by atoms with Crippen LogP contribution in [0, 0.1) is 17.3 Å². The molecule has 0 spiro atoms. The summed E-state index contributed by atoms with van der Waals surface area (Å²) in [4.78, 5) is 22.6. The van der Waals surface area contributed by atoms with E-state index in [0.29, 0.717) is 6.54 Å². The Hall–Kier alpha value is -0.650. The van der Waals surface area contributed by atoms with Gasteiger partial charge in [-0.2, -0.15) is 0 Å². The molecule has 0 amide bonds. The Labute approximate surface area is 108 Å². The van der Waals surface area contributed by atoms with E-state index in [4.69, 9.17) is 14.8 Å². The molecule has 0 aromatic heterocycles. The van der Waals surface area contributed by atoms with Gasteiger partial charge in [-0.25, -0.2) is 0 Å². The average Bonchev–Trinajstić information content (AvgIpc) is 2.56. The van der Waals surface area contributed by atoms with Gasteiger partial charge >= 0.3 is 5.97 Å². The van der Waals surface area contributed by atoms with E-state index in [1.807, 2.05) is 41.5 Å². The predicted molar refractivity (Wildman–Crippen MR) is 65.4 cm³/mol. The second-order valence-electron chi connectivity index (χ2n) is 6.96. The predicted octanol–water partition coefficient (Wildman–Crippen LogP) is 2.08. The SMILES string of the molecule is CC1(C)C(CN2OC(C)(C)C(C)(C)O2)C1C(=O)O. The van der Waals surface area contributed by atoms with Gasteiger partial charge in [0, 0.05) is 0 Å². The summed E-state index contributed by atoms with van der Waals surface area (Å²) in [7, 11) is 0. The Morgan fingerprint density at radius 3 is 1.89 bits per heavy atom. The van der Waals surface area contributed by atoms with Crippen molar-refractivity contribution in [3.63, 3.8) is 0 Å². The normalized spacial score (nSPS) is 36.6. The molecule has 1 N–H and O–H groups in total. The van der Waals surface area contributed by atoms with Crippen LogP contribution in [-0.4, -0.2) is 34.0 Å². The minimum atomic E-state index is -0.734. The molecule has 1 saturated heterocycles. The van der Waals surface area contributed by atoms with Crippen LogP contribution in [0.3, 0.4) is 0 Å². The third kappa shape index (κ3) is 1.94. The van der Waals surface area contributed by atoms with E-state index in [-0.39, 0.29) is 17.3 Å². The molecular weight excluding hydrogens is 234 g/mol. The lowest BCUT2D eigenvalue weighted by Gasteiger charge is -2.27. The molecule has 104 valence electrons. The van der Waals surface area contributed by atoms with Crippen LogP contribution in [0.1, 0.15) is 41.5 Å². The molecule has 0 bridgehead atoms. The second kappa shape index (κ2) is 3.68. The number of aliphatic carboxylic acids is 1.